The van der Waals surface area contributed by atoms with E-state index in [1.165, 1.54) is 18.9 Å². The lowest BCUT2D eigenvalue weighted by Gasteiger charge is -2.19. The van der Waals surface area contributed by atoms with Crippen LogP contribution in [-0.4, -0.2) is 17.5 Å². The highest BCUT2D eigenvalue weighted by atomic mass is 32.2. The van der Waals surface area contributed by atoms with Crippen LogP contribution in [0.3, 0.4) is 0 Å². The van der Waals surface area contributed by atoms with Crippen LogP contribution in [0.15, 0.2) is 24.3 Å². The Morgan fingerprint density at radius 3 is 2.69 bits per heavy atom. The lowest BCUT2D eigenvalue weighted by atomic mass is 10.1. The first-order valence-corrected chi connectivity index (χ1v) is 6.92. The highest BCUT2D eigenvalue weighted by Crippen LogP contribution is 2.46. The zero-order valence-corrected chi connectivity index (χ0v) is 10.6. The highest BCUT2D eigenvalue weighted by molar-refractivity contribution is 8.00. The van der Waals surface area contributed by atoms with Crippen LogP contribution in [0, 0.1) is 5.82 Å². The quantitative estimate of drug-likeness (QED) is 0.845. The van der Waals surface area contributed by atoms with Crippen molar-refractivity contribution in [1.29, 1.82) is 0 Å². The van der Waals surface area contributed by atoms with Crippen LogP contribution in [-0.2, 0) is 0 Å². The number of halogens is 1. The molecule has 1 aliphatic carbocycles. The molecule has 1 N–H and O–H groups in total. The Labute approximate surface area is 101 Å². The average Bonchev–Trinajstić information content (AvgIpc) is 3.07. The van der Waals surface area contributed by atoms with Gasteiger partial charge in [0.25, 0.3) is 0 Å². The van der Waals surface area contributed by atoms with Crippen molar-refractivity contribution in [2.45, 2.75) is 30.6 Å². The second kappa shape index (κ2) is 4.76. The number of hydrogen-bond acceptors (Lipinski definition) is 2. The molecule has 0 bridgehead atoms. The molecule has 1 aromatic carbocycles. The molecule has 2 rings (SSSR count). The van der Waals surface area contributed by atoms with Crippen LogP contribution in [0.5, 0.6) is 0 Å². The number of hydrogen-bond donors (Lipinski definition) is 1. The molecule has 1 saturated carbocycles. The van der Waals surface area contributed by atoms with Gasteiger partial charge in [-0.3, -0.25) is 0 Å². The van der Waals surface area contributed by atoms with Gasteiger partial charge < -0.3 is 5.32 Å². The molecule has 0 amide bonds. The van der Waals surface area contributed by atoms with Crippen molar-refractivity contribution in [1.82, 2.24) is 5.32 Å². The van der Waals surface area contributed by atoms with E-state index in [9.17, 15) is 4.39 Å². The third-order valence-corrected chi connectivity index (χ3v) is 4.76. The molecule has 0 spiro atoms. The van der Waals surface area contributed by atoms with E-state index in [0.717, 1.165) is 12.1 Å². The van der Waals surface area contributed by atoms with Gasteiger partial charge in [0.2, 0.25) is 0 Å². The summed E-state index contributed by atoms with van der Waals surface area (Å²) in [4.78, 5) is 0. The Hall–Kier alpha value is -0.540. The maximum absolute atomic E-state index is 13.5. The lowest BCUT2D eigenvalue weighted by Crippen LogP contribution is -2.28. The third-order valence-electron chi connectivity index (χ3n) is 3.34. The summed E-state index contributed by atoms with van der Waals surface area (Å²) in [5, 5.41) is 3.43. The van der Waals surface area contributed by atoms with Crippen LogP contribution >= 0.6 is 11.8 Å². The summed E-state index contributed by atoms with van der Waals surface area (Å²) in [5.74, 6) is -0.114. The molecule has 1 atom stereocenters. The fourth-order valence-electron chi connectivity index (χ4n) is 1.87. The molecule has 1 nitrogen and oxygen atoms in total. The molecule has 0 heterocycles. The molecule has 88 valence electrons. The largest absolute Gasteiger partial charge is 0.309 e. The van der Waals surface area contributed by atoms with Crippen molar-refractivity contribution >= 4 is 11.8 Å². The Balaban J connectivity index is 1.93. The van der Waals surface area contributed by atoms with Crippen LogP contribution in [0.25, 0.3) is 0 Å². The Bertz CT molecular complexity index is 363. The third kappa shape index (κ3) is 2.58. The molecule has 0 radical (unpaired) electrons. The van der Waals surface area contributed by atoms with Crippen LogP contribution < -0.4 is 5.32 Å². The van der Waals surface area contributed by atoms with Gasteiger partial charge in [0, 0.05) is 22.9 Å². The standard InChI is InChI=1S/C13H18FNS/c1-10(11-5-3-4-6-12(11)14)15-9-13(16-2)7-8-13/h3-6,10,15H,7-9H2,1-2H3. The maximum Gasteiger partial charge on any atom is 0.127 e. The van der Waals surface area contributed by atoms with Crippen molar-refractivity contribution in [3.05, 3.63) is 35.6 Å². The van der Waals surface area contributed by atoms with E-state index in [-0.39, 0.29) is 11.9 Å². The summed E-state index contributed by atoms with van der Waals surface area (Å²) in [6.45, 7) is 3.00. The summed E-state index contributed by atoms with van der Waals surface area (Å²) in [5.41, 5.74) is 0.763. The Kier molecular flexibility index (Phi) is 3.55. The zero-order chi connectivity index (χ0) is 11.6. The van der Waals surface area contributed by atoms with Gasteiger partial charge in [0.05, 0.1) is 0 Å². The zero-order valence-electron chi connectivity index (χ0n) is 9.79. The SMILES string of the molecule is CSC1(CNC(C)c2ccccc2F)CC1. The Morgan fingerprint density at radius 2 is 2.12 bits per heavy atom. The van der Waals surface area contributed by atoms with Gasteiger partial charge in [-0.1, -0.05) is 18.2 Å². The van der Waals surface area contributed by atoms with Crippen molar-refractivity contribution in [2.24, 2.45) is 0 Å². The molecule has 0 saturated heterocycles. The van der Waals surface area contributed by atoms with E-state index >= 15 is 0 Å². The summed E-state index contributed by atoms with van der Waals surface area (Å²) in [6.07, 6.45) is 4.72. The van der Waals surface area contributed by atoms with Crippen LogP contribution in [0.2, 0.25) is 0 Å². The van der Waals surface area contributed by atoms with E-state index in [0.29, 0.717) is 4.75 Å². The minimum absolute atomic E-state index is 0.0887. The summed E-state index contributed by atoms with van der Waals surface area (Å²) in [7, 11) is 0. The fraction of sp³-hybridized carbons (Fsp3) is 0.538. The van der Waals surface area contributed by atoms with Crippen molar-refractivity contribution in [2.75, 3.05) is 12.8 Å². The average molecular weight is 239 g/mol. The molecule has 16 heavy (non-hydrogen) atoms. The molecule has 3 heteroatoms. The van der Waals surface area contributed by atoms with E-state index in [1.54, 1.807) is 6.07 Å². The second-order valence-electron chi connectivity index (χ2n) is 4.51. The van der Waals surface area contributed by atoms with Gasteiger partial charge in [-0.2, -0.15) is 11.8 Å². The van der Waals surface area contributed by atoms with E-state index in [4.69, 9.17) is 0 Å². The minimum Gasteiger partial charge on any atom is -0.309 e. The van der Waals surface area contributed by atoms with E-state index < -0.39 is 0 Å². The normalized spacial score (nSPS) is 19.4. The topological polar surface area (TPSA) is 12.0 Å². The summed E-state index contributed by atoms with van der Waals surface area (Å²) < 4.78 is 13.9. The van der Waals surface area contributed by atoms with Crippen molar-refractivity contribution in [3.63, 3.8) is 0 Å². The van der Waals surface area contributed by atoms with Gasteiger partial charge in [-0.05, 0) is 32.1 Å². The lowest BCUT2D eigenvalue weighted by molar-refractivity contribution is 0.523. The molecule has 1 aromatic rings. The number of nitrogens with one attached hydrogen (secondary N) is 1. The van der Waals surface area contributed by atoms with E-state index in [2.05, 4.69) is 11.6 Å². The monoisotopic (exact) mass is 239 g/mol. The molecule has 0 aliphatic heterocycles. The fourth-order valence-corrected chi connectivity index (χ4v) is 2.61. The maximum atomic E-state index is 13.5. The van der Waals surface area contributed by atoms with Crippen LogP contribution in [0.4, 0.5) is 4.39 Å². The molecule has 1 aliphatic rings. The first-order valence-electron chi connectivity index (χ1n) is 5.70. The van der Waals surface area contributed by atoms with E-state index in [1.807, 2.05) is 30.8 Å². The minimum atomic E-state index is -0.114. The number of benzene rings is 1. The number of thioether (sulfide) groups is 1. The highest BCUT2D eigenvalue weighted by Gasteiger charge is 2.41. The predicted molar refractivity (Wildman–Crippen MR) is 68.3 cm³/mol. The first kappa shape index (κ1) is 11.9. The van der Waals surface area contributed by atoms with Gasteiger partial charge >= 0.3 is 0 Å². The van der Waals surface area contributed by atoms with Gasteiger partial charge in [-0.25, -0.2) is 4.39 Å². The van der Waals surface area contributed by atoms with Crippen LogP contribution in [0.1, 0.15) is 31.4 Å². The van der Waals surface area contributed by atoms with Gasteiger partial charge in [0.15, 0.2) is 0 Å². The first-order chi connectivity index (χ1) is 7.67. The Morgan fingerprint density at radius 1 is 1.44 bits per heavy atom. The summed E-state index contributed by atoms with van der Waals surface area (Å²) >= 11 is 1.92. The smallest absolute Gasteiger partial charge is 0.127 e. The van der Waals surface area contributed by atoms with Gasteiger partial charge in [0.1, 0.15) is 5.82 Å². The molecular weight excluding hydrogens is 221 g/mol. The van der Waals surface area contributed by atoms with Crippen molar-refractivity contribution in [3.8, 4) is 0 Å². The molecular formula is C13H18FNS. The van der Waals surface area contributed by atoms with Gasteiger partial charge in [-0.15, -0.1) is 0 Å². The molecule has 0 aromatic heterocycles. The van der Waals surface area contributed by atoms with Crippen molar-refractivity contribution < 1.29 is 4.39 Å². The molecule has 1 fully saturated rings. The predicted octanol–water partition coefficient (Wildman–Crippen LogP) is 3.37. The summed E-state index contributed by atoms with van der Waals surface area (Å²) in [6, 6.07) is 7.08. The second-order valence-corrected chi connectivity index (χ2v) is 5.79. The molecule has 1 unspecified atom stereocenters. The number of rotatable bonds is 5.